The SMILES string of the molecule is Nc1cc(N)c(Nc2cccc(F)c2)c(F)c1Cl. The van der Waals surface area contributed by atoms with Crippen molar-refractivity contribution in [2.24, 2.45) is 0 Å². The average Bonchev–Trinajstić information content (AvgIpc) is 2.32. The van der Waals surface area contributed by atoms with Crippen LogP contribution in [0.15, 0.2) is 30.3 Å². The van der Waals surface area contributed by atoms with Gasteiger partial charge in [0.05, 0.1) is 17.1 Å². The summed E-state index contributed by atoms with van der Waals surface area (Å²) in [6.45, 7) is 0. The van der Waals surface area contributed by atoms with Gasteiger partial charge in [-0.25, -0.2) is 8.78 Å². The number of nitrogen functional groups attached to an aromatic ring is 2. The normalized spacial score (nSPS) is 10.4. The Bertz CT molecular complexity index is 602. The highest BCUT2D eigenvalue weighted by Gasteiger charge is 2.14. The minimum absolute atomic E-state index is 0.0280. The first-order chi connectivity index (χ1) is 8.49. The number of nitrogens with one attached hydrogen (secondary N) is 1. The van der Waals surface area contributed by atoms with E-state index in [2.05, 4.69) is 5.32 Å². The third-order valence-electron chi connectivity index (χ3n) is 2.36. The van der Waals surface area contributed by atoms with E-state index >= 15 is 0 Å². The highest BCUT2D eigenvalue weighted by atomic mass is 35.5. The summed E-state index contributed by atoms with van der Waals surface area (Å²) in [5, 5.41) is 2.45. The molecule has 0 aliphatic carbocycles. The van der Waals surface area contributed by atoms with Gasteiger partial charge in [-0.05, 0) is 24.3 Å². The molecule has 0 radical (unpaired) electrons. The van der Waals surface area contributed by atoms with Crippen LogP contribution in [0.2, 0.25) is 5.02 Å². The minimum Gasteiger partial charge on any atom is -0.397 e. The molecule has 6 heteroatoms. The van der Waals surface area contributed by atoms with Crippen LogP contribution in [0.25, 0.3) is 0 Å². The number of hydrogen-bond donors (Lipinski definition) is 3. The van der Waals surface area contributed by atoms with Crippen LogP contribution in [-0.4, -0.2) is 0 Å². The fourth-order valence-electron chi connectivity index (χ4n) is 1.50. The van der Waals surface area contributed by atoms with Gasteiger partial charge in [0.15, 0.2) is 5.82 Å². The van der Waals surface area contributed by atoms with E-state index in [1.54, 1.807) is 6.07 Å². The Balaban J connectivity index is 2.44. The monoisotopic (exact) mass is 269 g/mol. The molecule has 0 aliphatic rings. The van der Waals surface area contributed by atoms with Crippen molar-refractivity contribution >= 4 is 34.4 Å². The third kappa shape index (κ3) is 2.31. The zero-order valence-corrected chi connectivity index (χ0v) is 9.93. The van der Waals surface area contributed by atoms with Crippen molar-refractivity contribution in [3.63, 3.8) is 0 Å². The molecule has 0 unspecified atom stereocenters. The van der Waals surface area contributed by atoms with E-state index < -0.39 is 11.6 Å². The number of rotatable bonds is 2. The number of nitrogens with two attached hydrogens (primary N) is 2. The van der Waals surface area contributed by atoms with Gasteiger partial charge in [0, 0.05) is 5.69 Å². The lowest BCUT2D eigenvalue weighted by Crippen LogP contribution is -2.02. The Morgan fingerprint density at radius 1 is 1.06 bits per heavy atom. The first kappa shape index (κ1) is 12.4. The van der Waals surface area contributed by atoms with E-state index in [1.807, 2.05) is 0 Å². The number of benzene rings is 2. The summed E-state index contributed by atoms with van der Waals surface area (Å²) in [5.74, 6) is -1.21. The Labute approximate surface area is 107 Å². The maximum atomic E-state index is 13.9. The molecule has 94 valence electrons. The molecule has 0 saturated heterocycles. The molecule has 0 fully saturated rings. The van der Waals surface area contributed by atoms with Gasteiger partial charge in [0.2, 0.25) is 0 Å². The highest BCUT2D eigenvalue weighted by Crippen LogP contribution is 2.35. The quantitative estimate of drug-likeness (QED) is 0.731. The number of halogens is 3. The lowest BCUT2D eigenvalue weighted by atomic mass is 10.2. The van der Waals surface area contributed by atoms with E-state index in [9.17, 15) is 8.78 Å². The molecule has 0 aromatic heterocycles. The van der Waals surface area contributed by atoms with Gasteiger partial charge in [-0.15, -0.1) is 0 Å². The summed E-state index contributed by atoms with van der Waals surface area (Å²) in [7, 11) is 0. The van der Waals surface area contributed by atoms with E-state index in [0.29, 0.717) is 5.69 Å². The number of hydrogen-bond acceptors (Lipinski definition) is 3. The topological polar surface area (TPSA) is 64.1 Å². The van der Waals surface area contributed by atoms with Crippen molar-refractivity contribution in [1.82, 2.24) is 0 Å². The smallest absolute Gasteiger partial charge is 0.169 e. The van der Waals surface area contributed by atoms with Crippen LogP contribution in [0.5, 0.6) is 0 Å². The van der Waals surface area contributed by atoms with E-state index in [0.717, 1.165) is 0 Å². The van der Waals surface area contributed by atoms with Crippen LogP contribution in [0.1, 0.15) is 0 Å². The largest absolute Gasteiger partial charge is 0.397 e. The summed E-state index contributed by atoms with van der Waals surface area (Å²) in [4.78, 5) is 0. The summed E-state index contributed by atoms with van der Waals surface area (Å²) in [6.07, 6.45) is 0. The average molecular weight is 270 g/mol. The minimum atomic E-state index is -0.765. The van der Waals surface area contributed by atoms with Gasteiger partial charge in [-0.2, -0.15) is 0 Å². The van der Waals surface area contributed by atoms with Crippen LogP contribution < -0.4 is 16.8 Å². The Morgan fingerprint density at radius 3 is 2.44 bits per heavy atom. The maximum absolute atomic E-state index is 13.9. The van der Waals surface area contributed by atoms with Gasteiger partial charge >= 0.3 is 0 Å². The Kier molecular flexibility index (Phi) is 3.25. The van der Waals surface area contributed by atoms with Gasteiger partial charge < -0.3 is 16.8 Å². The molecule has 18 heavy (non-hydrogen) atoms. The molecule has 0 amide bonds. The second kappa shape index (κ2) is 4.70. The zero-order chi connectivity index (χ0) is 13.3. The molecule has 0 atom stereocenters. The van der Waals surface area contributed by atoms with Gasteiger partial charge in [0.1, 0.15) is 10.8 Å². The predicted octanol–water partition coefficient (Wildman–Crippen LogP) is 3.53. The molecular formula is C12H10ClF2N3. The summed E-state index contributed by atoms with van der Waals surface area (Å²) in [6, 6.07) is 6.90. The predicted molar refractivity (Wildman–Crippen MR) is 69.9 cm³/mol. The van der Waals surface area contributed by atoms with Crippen molar-refractivity contribution in [3.05, 3.63) is 47.0 Å². The lowest BCUT2D eigenvalue weighted by molar-refractivity contribution is 0.627. The molecule has 2 aromatic rings. The van der Waals surface area contributed by atoms with E-state index in [-0.39, 0.29) is 22.1 Å². The van der Waals surface area contributed by atoms with Crippen LogP contribution in [0.3, 0.4) is 0 Å². The second-order valence-corrected chi connectivity index (χ2v) is 4.07. The van der Waals surface area contributed by atoms with Crippen LogP contribution in [0, 0.1) is 11.6 Å². The van der Waals surface area contributed by atoms with Crippen molar-refractivity contribution in [2.75, 3.05) is 16.8 Å². The maximum Gasteiger partial charge on any atom is 0.169 e. The van der Waals surface area contributed by atoms with E-state index in [4.69, 9.17) is 23.1 Å². The van der Waals surface area contributed by atoms with Crippen LogP contribution >= 0.6 is 11.6 Å². The molecule has 3 nitrogen and oxygen atoms in total. The molecule has 0 bridgehead atoms. The van der Waals surface area contributed by atoms with Crippen molar-refractivity contribution in [2.45, 2.75) is 0 Å². The first-order valence-corrected chi connectivity index (χ1v) is 5.42. The summed E-state index contributed by atoms with van der Waals surface area (Å²) < 4.78 is 26.9. The molecule has 0 saturated carbocycles. The molecule has 0 spiro atoms. The fourth-order valence-corrected chi connectivity index (χ4v) is 1.65. The summed E-state index contributed by atoms with van der Waals surface area (Å²) in [5.41, 5.74) is 11.6. The van der Waals surface area contributed by atoms with Crippen LogP contribution in [-0.2, 0) is 0 Å². The molecule has 0 heterocycles. The van der Waals surface area contributed by atoms with Crippen molar-refractivity contribution in [1.29, 1.82) is 0 Å². The van der Waals surface area contributed by atoms with E-state index in [1.165, 1.54) is 24.3 Å². The molecule has 5 N–H and O–H groups in total. The zero-order valence-electron chi connectivity index (χ0n) is 9.18. The second-order valence-electron chi connectivity index (χ2n) is 3.69. The Hall–Kier alpha value is -2.01. The summed E-state index contributed by atoms with van der Waals surface area (Å²) >= 11 is 5.68. The molecule has 2 rings (SSSR count). The van der Waals surface area contributed by atoms with Crippen LogP contribution in [0.4, 0.5) is 31.5 Å². The van der Waals surface area contributed by atoms with Gasteiger partial charge in [-0.3, -0.25) is 0 Å². The first-order valence-electron chi connectivity index (χ1n) is 5.04. The molecular weight excluding hydrogens is 260 g/mol. The van der Waals surface area contributed by atoms with Gasteiger partial charge in [0.25, 0.3) is 0 Å². The fraction of sp³-hybridized carbons (Fsp3) is 0. The third-order valence-corrected chi connectivity index (χ3v) is 2.74. The standard InChI is InChI=1S/C12H10ClF2N3/c13-10-8(16)5-9(17)12(11(10)15)18-7-3-1-2-6(14)4-7/h1-5,18H,16-17H2. The molecule has 0 aliphatic heterocycles. The number of anilines is 4. The highest BCUT2D eigenvalue weighted by molar-refractivity contribution is 6.33. The van der Waals surface area contributed by atoms with Crippen molar-refractivity contribution < 1.29 is 8.78 Å². The molecule has 2 aromatic carbocycles. The Morgan fingerprint density at radius 2 is 1.78 bits per heavy atom. The van der Waals surface area contributed by atoms with Crippen molar-refractivity contribution in [3.8, 4) is 0 Å². The lowest BCUT2D eigenvalue weighted by Gasteiger charge is -2.13. The van der Waals surface area contributed by atoms with Gasteiger partial charge in [-0.1, -0.05) is 17.7 Å².